The van der Waals surface area contributed by atoms with Crippen molar-refractivity contribution in [2.24, 2.45) is 5.92 Å². The van der Waals surface area contributed by atoms with Crippen molar-refractivity contribution in [2.45, 2.75) is 39.7 Å². The number of hydrogen-bond acceptors (Lipinski definition) is 4. The molecule has 1 saturated heterocycles. The Hall–Kier alpha value is -2.73. The zero-order valence-corrected chi connectivity index (χ0v) is 22.8. The summed E-state index contributed by atoms with van der Waals surface area (Å²) in [7, 11) is 0. The van der Waals surface area contributed by atoms with Crippen LogP contribution in [0.5, 0.6) is 0 Å². The van der Waals surface area contributed by atoms with Crippen LogP contribution in [0.2, 0.25) is 0 Å². The van der Waals surface area contributed by atoms with Gasteiger partial charge in [0.15, 0.2) is 0 Å². The van der Waals surface area contributed by atoms with Crippen molar-refractivity contribution in [3.05, 3.63) is 97.9 Å². The Morgan fingerprint density at radius 1 is 1.00 bits per heavy atom. The van der Waals surface area contributed by atoms with Gasteiger partial charge in [-0.3, -0.25) is 4.79 Å². The van der Waals surface area contributed by atoms with Crippen LogP contribution in [0.3, 0.4) is 0 Å². The summed E-state index contributed by atoms with van der Waals surface area (Å²) < 4.78 is 0. The first-order valence-electron chi connectivity index (χ1n) is 12.9. The fraction of sp³-hybridized carbons (Fsp3) is 0.323. The first-order valence-corrected chi connectivity index (χ1v) is 14.6. The number of carbonyl (C=O) groups excluding carboxylic acids is 1. The number of aryl methyl sites for hydroxylation is 2. The molecule has 0 bridgehead atoms. The number of piperidine rings is 1. The highest BCUT2D eigenvalue weighted by atomic mass is 32.1. The second-order valence-corrected chi connectivity index (χ2v) is 11.6. The maximum Gasteiger partial charge on any atom is 0.224 e. The zero-order valence-electron chi connectivity index (χ0n) is 21.1. The number of carbonyl (C=O) groups is 1. The minimum Gasteiger partial charge on any atom is -0.352 e. The smallest absolute Gasteiger partial charge is 0.224 e. The van der Waals surface area contributed by atoms with Gasteiger partial charge in [0.1, 0.15) is 0 Å². The van der Waals surface area contributed by atoms with Gasteiger partial charge in [0.2, 0.25) is 5.91 Å². The molecule has 1 unspecified atom stereocenters. The van der Waals surface area contributed by atoms with Crippen LogP contribution < -0.4 is 5.32 Å². The third kappa shape index (κ3) is 5.64. The average molecular weight is 515 g/mol. The lowest BCUT2D eigenvalue weighted by Gasteiger charge is -2.31. The summed E-state index contributed by atoms with van der Waals surface area (Å²) in [6, 6.07) is 19.1. The molecule has 1 N–H and O–H groups in total. The van der Waals surface area contributed by atoms with E-state index in [2.05, 4.69) is 95.5 Å². The molecule has 3 heterocycles. The molecular weight excluding hydrogens is 480 g/mol. The maximum absolute atomic E-state index is 13.1. The van der Waals surface area contributed by atoms with Crippen LogP contribution in [0, 0.1) is 19.8 Å². The molecule has 3 nitrogen and oxygen atoms in total. The third-order valence-electron chi connectivity index (χ3n) is 7.22. The van der Waals surface area contributed by atoms with E-state index in [0.29, 0.717) is 6.54 Å². The lowest BCUT2D eigenvalue weighted by molar-refractivity contribution is -0.126. The van der Waals surface area contributed by atoms with E-state index in [4.69, 9.17) is 0 Å². The highest BCUT2D eigenvalue weighted by Crippen LogP contribution is 2.35. The van der Waals surface area contributed by atoms with Crippen molar-refractivity contribution >= 4 is 44.9 Å². The second kappa shape index (κ2) is 11.5. The third-order valence-corrected chi connectivity index (χ3v) is 9.32. The molecule has 0 spiro atoms. The number of rotatable bonds is 8. The number of fused-ring (bicyclic) bond motifs is 1. The van der Waals surface area contributed by atoms with Gasteiger partial charge >= 0.3 is 0 Å². The molecule has 2 aromatic carbocycles. The topological polar surface area (TPSA) is 32.3 Å². The number of likely N-dealkylation sites (tertiary alicyclic amines) is 1. The summed E-state index contributed by atoms with van der Waals surface area (Å²) in [6.07, 6.45) is 5.47. The van der Waals surface area contributed by atoms with Crippen molar-refractivity contribution < 1.29 is 4.79 Å². The number of amides is 1. The molecule has 1 atom stereocenters. The summed E-state index contributed by atoms with van der Waals surface area (Å²) in [5.74, 6) is 0.253. The van der Waals surface area contributed by atoms with Gasteiger partial charge < -0.3 is 10.2 Å². The molecule has 4 aromatic rings. The van der Waals surface area contributed by atoms with Crippen LogP contribution in [0.25, 0.3) is 16.3 Å². The summed E-state index contributed by atoms with van der Waals surface area (Å²) in [4.78, 5) is 18.3. The van der Waals surface area contributed by atoms with Crippen molar-refractivity contribution in [3.63, 3.8) is 0 Å². The van der Waals surface area contributed by atoms with Gasteiger partial charge in [0, 0.05) is 35.0 Å². The van der Waals surface area contributed by atoms with E-state index in [1.54, 1.807) is 0 Å². The van der Waals surface area contributed by atoms with Crippen LogP contribution in [-0.2, 0) is 11.3 Å². The van der Waals surface area contributed by atoms with Crippen LogP contribution in [0.4, 0.5) is 0 Å². The predicted molar refractivity (Wildman–Crippen MR) is 155 cm³/mol. The lowest BCUT2D eigenvalue weighted by Crippen LogP contribution is -2.43. The van der Waals surface area contributed by atoms with Crippen molar-refractivity contribution in [2.75, 3.05) is 19.6 Å². The van der Waals surface area contributed by atoms with E-state index >= 15 is 0 Å². The summed E-state index contributed by atoms with van der Waals surface area (Å²) in [6.45, 7) is 7.91. The van der Waals surface area contributed by atoms with Gasteiger partial charge in [-0.1, -0.05) is 48.5 Å². The first-order chi connectivity index (χ1) is 17.6. The van der Waals surface area contributed by atoms with Gasteiger partial charge in [0.05, 0.1) is 5.92 Å². The molecule has 0 saturated carbocycles. The highest BCUT2D eigenvalue weighted by molar-refractivity contribution is 7.14. The highest BCUT2D eigenvalue weighted by Gasteiger charge is 2.25. The molecule has 0 radical (unpaired) electrons. The molecule has 1 amide bonds. The molecule has 0 aliphatic carbocycles. The molecular formula is C31H34N2OS2. The average Bonchev–Trinajstić information content (AvgIpc) is 3.53. The Kier molecular flexibility index (Phi) is 8.00. The van der Waals surface area contributed by atoms with Crippen molar-refractivity contribution in [1.29, 1.82) is 0 Å². The Balaban J connectivity index is 1.20. The zero-order chi connectivity index (χ0) is 24.9. The standard InChI is InChI=1S/C31H34N2OS2/c1-22-14-18-35-29(22)28(30-23(2)15-19-36-30)13-7-17-33-16-6-11-26(21-33)31(34)32-20-25-10-5-9-24-8-3-4-12-27(24)25/h3-5,8-10,12-15,18-19,26H,6-7,11,16-17,20-21H2,1-2H3,(H,32,34). The van der Waals surface area contributed by atoms with E-state index in [9.17, 15) is 4.79 Å². The van der Waals surface area contributed by atoms with E-state index in [-0.39, 0.29) is 11.8 Å². The number of thiophene rings is 2. The van der Waals surface area contributed by atoms with E-state index in [1.807, 2.05) is 22.7 Å². The minimum absolute atomic E-state index is 0.0660. The molecule has 2 aromatic heterocycles. The van der Waals surface area contributed by atoms with Gasteiger partial charge in [-0.2, -0.15) is 0 Å². The largest absolute Gasteiger partial charge is 0.352 e. The fourth-order valence-electron chi connectivity index (χ4n) is 5.22. The first kappa shape index (κ1) is 24.9. The Morgan fingerprint density at radius 3 is 2.44 bits per heavy atom. The van der Waals surface area contributed by atoms with Gasteiger partial charge in [0.25, 0.3) is 0 Å². The van der Waals surface area contributed by atoms with Crippen LogP contribution >= 0.6 is 22.7 Å². The second-order valence-electron chi connectivity index (χ2n) is 9.77. The fourth-order valence-corrected chi connectivity index (χ4v) is 7.24. The van der Waals surface area contributed by atoms with Crippen molar-refractivity contribution in [3.8, 4) is 0 Å². The van der Waals surface area contributed by atoms with Gasteiger partial charge in [-0.05, 0) is 90.0 Å². The Bertz CT molecular complexity index is 1320. The normalized spacial score (nSPS) is 16.2. The van der Waals surface area contributed by atoms with Crippen molar-refractivity contribution in [1.82, 2.24) is 10.2 Å². The summed E-state index contributed by atoms with van der Waals surface area (Å²) >= 11 is 3.66. The van der Waals surface area contributed by atoms with E-state index in [0.717, 1.165) is 38.9 Å². The number of nitrogens with zero attached hydrogens (tertiary/aromatic N) is 1. The van der Waals surface area contributed by atoms with Gasteiger partial charge in [-0.15, -0.1) is 22.7 Å². The van der Waals surface area contributed by atoms with E-state index < -0.39 is 0 Å². The predicted octanol–water partition coefficient (Wildman–Crippen LogP) is 7.43. The van der Waals surface area contributed by atoms with Crippen LogP contribution in [-0.4, -0.2) is 30.4 Å². The Labute approximate surface area is 222 Å². The van der Waals surface area contributed by atoms with Crippen LogP contribution in [0.15, 0.2) is 71.4 Å². The molecule has 36 heavy (non-hydrogen) atoms. The summed E-state index contributed by atoms with van der Waals surface area (Å²) in [5.41, 5.74) is 5.25. The maximum atomic E-state index is 13.1. The molecule has 5 heteroatoms. The quantitative estimate of drug-likeness (QED) is 0.265. The molecule has 1 fully saturated rings. The number of hydrogen-bond donors (Lipinski definition) is 1. The molecule has 1 aliphatic heterocycles. The number of nitrogens with one attached hydrogen (secondary N) is 1. The SMILES string of the molecule is Cc1ccsc1C(=CCCN1CCCC(C(=O)NCc2cccc3ccccc23)C1)c1sccc1C. The molecule has 5 rings (SSSR count). The summed E-state index contributed by atoms with van der Waals surface area (Å²) in [5, 5.41) is 10.0. The molecule has 1 aliphatic rings. The number of benzene rings is 2. The van der Waals surface area contributed by atoms with Gasteiger partial charge in [-0.25, -0.2) is 0 Å². The van der Waals surface area contributed by atoms with E-state index in [1.165, 1.54) is 42.8 Å². The van der Waals surface area contributed by atoms with Crippen LogP contribution in [0.1, 0.15) is 45.7 Å². The minimum atomic E-state index is 0.0660. The Morgan fingerprint density at radius 2 is 1.72 bits per heavy atom. The molecule has 186 valence electrons. The lowest BCUT2D eigenvalue weighted by atomic mass is 9.96. The monoisotopic (exact) mass is 514 g/mol.